The van der Waals surface area contributed by atoms with Crippen molar-refractivity contribution in [1.29, 1.82) is 0 Å². The van der Waals surface area contributed by atoms with E-state index in [1.807, 2.05) is 25.1 Å². The average molecular weight is 282 g/mol. The maximum Gasteiger partial charge on any atom is 0.235 e. The molecule has 0 aliphatic carbocycles. The molecule has 3 rings (SSSR count). The second kappa shape index (κ2) is 4.59. The Hall–Kier alpha value is -1.43. The van der Waals surface area contributed by atoms with Gasteiger partial charge in [0.15, 0.2) is 0 Å². The van der Waals surface area contributed by atoms with Gasteiger partial charge in [0, 0.05) is 6.54 Å². The zero-order valence-corrected chi connectivity index (χ0v) is 11.8. The maximum atomic E-state index is 12.3. The van der Waals surface area contributed by atoms with Gasteiger partial charge in [-0.1, -0.05) is 13.0 Å². The number of rotatable bonds is 3. The van der Waals surface area contributed by atoms with Crippen molar-refractivity contribution in [1.82, 2.24) is 0 Å². The van der Waals surface area contributed by atoms with Crippen molar-refractivity contribution in [3.05, 3.63) is 18.2 Å². The lowest BCUT2D eigenvalue weighted by Gasteiger charge is -2.41. The molecule has 0 atom stereocenters. The van der Waals surface area contributed by atoms with Crippen LogP contribution in [0.2, 0.25) is 0 Å². The van der Waals surface area contributed by atoms with Gasteiger partial charge in [-0.15, -0.1) is 0 Å². The van der Waals surface area contributed by atoms with E-state index in [2.05, 4.69) is 4.90 Å². The summed E-state index contributed by atoms with van der Waals surface area (Å²) in [6, 6.07) is 5.63. The second-order valence-electron chi connectivity index (χ2n) is 4.85. The SMILES string of the molecule is CCCS(=O)(=O)N1CCN2CCOc3cccc1c32. The molecule has 0 aromatic heterocycles. The molecule has 1 aromatic carbocycles. The Bertz CT molecular complexity index is 586. The number of benzene rings is 1. The Morgan fingerprint density at radius 3 is 2.89 bits per heavy atom. The van der Waals surface area contributed by atoms with Crippen molar-refractivity contribution < 1.29 is 13.2 Å². The largest absolute Gasteiger partial charge is 0.489 e. The van der Waals surface area contributed by atoms with Gasteiger partial charge >= 0.3 is 0 Å². The summed E-state index contributed by atoms with van der Waals surface area (Å²) in [4.78, 5) is 2.21. The highest BCUT2D eigenvalue weighted by molar-refractivity contribution is 7.92. The molecule has 5 nitrogen and oxygen atoms in total. The van der Waals surface area contributed by atoms with Crippen molar-refractivity contribution >= 4 is 21.4 Å². The van der Waals surface area contributed by atoms with Gasteiger partial charge in [-0.2, -0.15) is 0 Å². The number of sulfonamides is 1. The monoisotopic (exact) mass is 282 g/mol. The van der Waals surface area contributed by atoms with Crippen molar-refractivity contribution in [2.24, 2.45) is 0 Å². The molecule has 0 amide bonds. The second-order valence-corrected chi connectivity index (χ2v) is 6.86. The number of ether oxygens (including phenoxy) is 1. The van der Waals surface area contributed by atoms with Crippen molar-refractivity contribution in [3.8, 4) is 5.75 Å². The van der Waals surface area contributed by atoms with Crippen LogP contribution in [-0.4, -0.2) is 40.4 Å². The Morgan fingerprint density at radius 2 is 2.11 bits per heavy atom. The van der Waals surface area contributed by atoms with E-state index in [1.165, 1.54) is 0 Å². The molecule has 2 heterocycles. The van der Waals surface area contributed by atoms with Crippen LogP contribution in [0.1, 0.15) is 13.3 Å². The third-order valence-corrected chi connectivity index (χ3v) is 5.53. The van der Waals surface area contributed by atoms with Crippen molar-refractivity contribution in [2.75, 3.05) is 41.2 Å². The number of hydrogen-bond donors (Lipinski definition) is 0. The van der Waals surface area contributed by atoms with Crippen LogP contribution in [0.5, 0.6) is 5.75 Å². The van der Waals surface area contributed by atoms with E-state index in [0.29, 0.717) is 19.6 Å². The fraction of sp³-hybridized carbons (Fsp3) is 0.538. The summed E-state index contributed by atoms with van der Waals surface area (Å²) in [5, 5.41) is 0. The molecular formula is C13H18N2O3S. The Labute approximate surface area is 113 Å². The highest BCUT2D eigenvalue weighted by atomic mass is 32.2. The minimum atomic E-state index is -3.22. The van der Waals surface area contributed by atoms with Crippen molar-refractivity contribution in [2.45, 2.75) is 13.3 Å². The van der Waals surface area contributed by atoms with Crippen LogP contribution in [0.4, 0.5) is 11.4 Å². The van der Waals surface area contributed by atoms with Gasteiger partial charge < -0.3 is 9.64 Å². The lowest BCUT2D eigenvalue weighted by Crippen LogP contribution is -2.47. The first-order chi connectivity index (χ1) is 9.13. The van der Waals surface area contributed by atoms with E-state index in [1.54, 1.807) is 4.31 Å². The lowest BCUT2D eigenvalue weighted by molar-refractivity contribution is 0.307. The molecule has 104 valence electrons. The van der Waals surface area contributed by atoms with E-state index >= 15 is 0 Å². The van der Waals surface area contributed by atoms with Crippen LogP contribution >= 0.6 is 0 Å². The zero-order valence-electron chi connectivity index (χ0n) is 11.0. The predicted octanol–water partition coefficient (Wildman–Crippen LogP) is 1.45. The van der Waals surface area contributed by atoms with Gasteiger partial charge in [0.05, 0.1) is 24.5 Å². The van der Waals surface area contributed by atoms with Gasteiger partial charge in [0.25, 0.3) is 0 Å². The predicted molar refractivity (Wildman–Crippen MR) is 75.6 cm³/mol. The summed E-state index contributed by atoms with van der Waals surface area (Å²) in [6.07, 6.45) is 0.633. The first-order valence-corrected chi connectivity index (χ1v) is 8.25. The molecule has 0 bridgehead atoms. The van der Waals surface area contributed by atoms with E-state index in [-0.39, 0.29) is 5.75 Å². The van der Waals surface area contributed by atoms with Gasteiger partial charge in [0.1, 0.15) is 18.0 Å². The van der Waals surface area contributed by atoms with Crippen LogP contribution in [0.15, 0.2) is 18.2 Å². The van der Waals surface area contributed by atoms with E-state index < -0.39 is 10.0 Å². The fourth-order valence-corrected chi connectivity index (χ4v) is 4.28. The Kier molecular flexibility index (Phi) is 3.05. The number of anilines is 2. The van der Waals surface area contributed by atoms with Crippen LogP contribution in [0.3, 0.4) is 0 Å². The molecule has 19 heavy (non-hydrogen) atoms. The van der Waals surface area contributed by atoms with Gasteiger partial charge in [-0.25, -0.2) is 8.42 Å². The molecule has 2 aliphatic heterocycles. The molecular weight excluding hydrogens is 264 g/mol. The van der Waals surface area contributed by atoms with Gasteiger partial charge in [-0.3, -0.25) is 4.31 Å². The summed E-state index contributed by atoms with van der Waals surface area (Å²) in [6.45, 7) is 4.64. The molecule has 2 aliphatic rings. The standard InChI is InChI=1S/C13H18N2O3S/c1-2-10-19(16,17)15-7-6-14-8-9-18-12-5-3-4-11(15)13(12)14/h3-5H,2,6-10H2,1H3. The molecule has 1 aromatic rings. The summed E-state index contributed by atoms with van der Waals surface area (Å²) in [7, 11) is -3.22. The Morgan fingerprint density at radius 1 is 1.26 bits per heavy atom. The molecule has 0 N–H and O–H groups in total. The summed E-state index contributed by atoms with van der Waals surface area (Å²) in [5.41, 5.74) is 1.69. The smallest absolute Gasteiger partial charge is 0.235 e. The average Bonchev–Trinajstić information content (AvgIpc) is 2.39. The van der Waals surface area contributed by atoms with Gasteiger partial charge in [0.2, 0.25) is 10.0 Å². The highest BCUT2D eigenvalue weighted by Crippen LogP contribution is 2.43. The topological polar surface area (TPSA) is 49.9 Å². The highest BCUT2D eigenvalue weighted by Gasteiger charge is 2.33. The lowest BCUT2D eigenvalue weighted by atomic mass is 10.1. The zero-order chi connectivity index (χ0) is 13.5. The van der Waals surface area contributed by atoms with Crippen LogP contribution in [0, 0.1) is 0 Å². The number of nitrogens with zero attached hydrogens (tertiary/aromatic N) is 2. The van der Waals surface area contributed by atoms with E-state index in [0.717, 1.165) is 30.2 Å². The minimum Gasteiger partial charge on any atom is -0.489 e. The Balaban J connectivity index is 2.08. The first kappa shape index (κ1) is 12.6. The third-order valence-electron chi connectivity index (χ3n) is 3.55. The number of para-hydroxylation sites is 1. The quantitative estimate of drug-likeness (QED) is 0.842. The fourth-order valence-electron chi connectivity index (χ4n) is 2.74. The minimum absolute atomic E-state index is 0.192. The van der Waals surface area contributed by atoms with E-state index in [4.69, 9.17) is 4.74 Å². The van der Waals surface area contributed by atoms with Crippen LogP contribution < -0.4 is 13.9 Å². The summed E-state index contributed by atoms with van der Waals surface area (Å²) < 4.78 is 31.8. The molecule has 0 radical (unpaired) electrons. The van der Waals surface area contributed by atoms with Crippen LogP contribution in [-0.2, 0) is 10.0 Å². The molecule has 0 spiro atoms. The van der Waals surface area contributed by atoms with Crippen molar-refractivity contribution in [3.63, 3.8) is 0 Å². The normalized spacial score (nSPS) is 17.9. The van der Waals surface area contributed by atoms with E-state index in [9.17, 15) is 8.42 Å². The molecule has 0 unspecified atom stereocenters. The summed E-state index contributed by atoms with van der Waals surface area (Å²) >= 11 is 0. The molecule has 0 saturated heterocycles. The molecule has 0 fully saturated rings. The van der Waals surface area contributed by atoms with Gasteiger partial charge in [-0.05, 0) is 18.6 Å². The summed E-state index contributed by atoms with van der Waals surface area (Å²) in [5.74, 6) is 0.984. The first-order valence-electron chi connectivity index (χ1n) is 6.64. The maximum absolute atomic E-state index is 12.3. The third kappa shape index (κ3) is 2.04. The van der Waals surface area contributed by atoms with Crippen LogP contribution in [0.25, 0.3) is 0 Å². The number of hydrogen-bond acceptors (Lipinski definition) is 4. The molecule has 0 saturated carbocycles. The molecule has 6 heteroatoms.